The second-order valence-electron chi connectivity index (χ2n) is 2.60. The molecule has 7 heteroatoms. The first-order valence-electron chi connectivity index (χ1n) is 3.96. The van der Waals surface area contributed by atoms with Crippen LogP contribution in [-0.4, -0.2) is 28.0 Å². The Balaban J connectivity index is 2.66. The Hall–Kier alpha value is -1.89. The van der Waals surface area contributed by atoms with E-state index < -0.39 is 11.9 Å². The second kappa shape index (κ2) is 4.38. The highest BCUT2D eigenvalue weighted by Crippen LogP contribution is 1.95. The van der Waals surface area contributed by atoms with E-state index in [4.69, 9.17) is 11.5 Å². The van der Waals surface area contributed by atoms with Crippen molar-refractivity contribution in [2.75, 3.05) is 6.54 Å². The average Bonchev–Trinajstić information content (AvgIpc) is 2.52. The molecule has 0 saturated heterocycles. The van der Waals surface area contributed by atoms with Gasteiger partial charge in [-0.15, -0.1) is 0 Å². The van der Waals surface area contributed by atoms with Crippen LogP contribution in [0.4, 0.5) is 4.79 Å². The highest BCUT2D eigenvalue weighted by atomic mass is 16.2. The molecule has 0 atom stereocenters. The van der Waals surface area contributed by atoms with Gasteiger partial charge in [0.15, 0.2) is 0 Å². The number of hydrogen-bond acceptors (Lipinski definition) is 4. The Morgan fingerprint density at radius 2 is 2.29 bits per heavy atom. The van der Waals surface area contributed by atoms with E-state index in [1.807, 2.05) is 5.32 Å². The van der Waals surface area contributed by atoms with Gasteiger partial charge in [-0.25, -0.2) is 9.78 Å². The number of primary amides is 1. The molecular formula is C7H11N5O2. The van der Waals surface area contributed by atoms with Crippen LogP contribution in [-0.2, 0) is 6.54 Å². The maximum atomic E-state index is 11.2. The van der Waals surface area contributed by atoms with Gasteiger partial charge in [0.25, 0.3) is 5.91 Å². The predicted octanol–water partition coefficient (Wildman–Crippen LogP) is -1.35. The molecule has 5 N–H and O–H groups in total. The third kappa shape index (κ3) is 2.56. The van der Waals surface area contributed by atoms with Crippen LogP contribution in [0.5, 0.6) is 0 Å². The summed E-state index contributed by atoms with van der Waals surface area (Å²) in [4.78, 5) is 25.3. The Morgan fingerprint density at radius 3 is 2.86 bits per heavy atom. The third-order valence-corrected chi connectivity index (χ3v) is 1.49. The molecule has 0 spiro atoms. The van der Waals surface area contributed by atoms with Crippen molar-refractivity contribution in [2.24, 2.45) is 11.5 Å². The van der Waals surface area contributed by atoms with Crippen LogP contribution in [0.3, 0.4) is 0 Å². The van der Waals surface area contributed by atoms with Crippen LogP contribution in [0.25, 0.3) is 0 Å². The van der Waals surface area contributed by atoms with Crippen molar-refractivity contribution in [1.82, 2.24) is 14.9 Å². The summed E-state index contributed by atoms with van der Waals surface area (Å²) in [5, 5.41) is 1.91. The first-order chi connectivity index (χ1) is 6.63. The molecule has 1 heterocycles. The number of hydrogen-bond donors (Lipinski definition) is 3. The zero-order chi connectivity index (χ0) is 10.6. The van der Waals surface area contributed by atoms with Crippen molar-refractivity contribution in [3.8, 4) is 0 Å². The van der Waals surface area contributed by atoms with Crippen molar-refractivity contribution in [3.05, 3.63) is 18.2 Å². The Bertz CT molecular complexity index is 346. The van der Waals surface area contributed by atoms with Gasteiger partial charge < -0.3 is 16.0 Å². The zero-order valence-corrected chi connectivity index (χ0v) is 7.43. The largest absolute Gasteiger partial charge is 0.351 e. The van der Waals surface area contributed by atoms with Gasteiger partial charge in [0.1, 0.15) is 5.69 Å². The normalized spacial score (nSPS) is 9.79. The van der Waals surface area contributed by atoms with Gasteiger partial charge in [0, 0.05) is 19.3 Å². The van der Waals surface area contributed by atoms with Gasteiger partial charge in [-0.3, -0.25) is 10.1 Å². The Labute approximate surface area is 80.1 Å². The summed E-state index contributed by atoms with van der Waals surface area (Å²) in [6.07, 6.45) is 2.95. The lowest BCUT2D eigenvalue weighted by Gasteiger charge is -1.96. The predicted molar refractivity (Wildman–Crippen MR) is 48.3 cm³/mol. The van der Waals surface area contributed by atoms with E-state index in [-0.39, 0.29) is 5.69 Å². The lowest BCUT2D eigenvalue weighted by atomic mass is 10.4. The van der Waals surface area contributed by atoms with Crippen LogP contribution in [0, 0.1) is 0 Å². The minimum atomic E-state index is -0.900. The summed E-state index contributed by atoms with van der Waals surface area (Å²) >= 11 is 0. The van der Waals surface area contributed by atoms with Crippen molar-refractivity contribution >= 4 is 11.9 Å². The van der Waals surface area contributed by atoms with E-state index in [9.17, 15) is 9.59 Å². The molecule has 1 aromatic rings. The first-order valence-corrected chi connectivity index (χ1v) is 3.96. The van der Waals surface area contributed by atoms with Crippen LogP contribution < -0.4 is 16.8 Å². The second-order valence-corrected chi connectivity index (χ2v) is 2.60. The molecule has 1 aromatic heterocycles. The molecule has 0 aliphatic heterocycles. The summed E-state index contributed by atoms with van der Waals surface area (Å²) in [5.74, 6) is -0.617. The average molecular weight is 197 g/mol. The smallest absolute Gasteiger partial charge is 0.319 e. The van der Waals surface area contributed by atoms with E-state index in [2.05, 4.69) is 4.98 Å². The molecule has 1 rings (SSSR count). The van der Waals surface area contributed by atoms with Crippen molar-refractivity contribution in [1.29, 1.82) is 0 Å². The molecule has 0 aromatic carbocycles. The topological polar surface area (TPSA) is 116 Å². The summed E-state index contributed by atoms with van der Waals surface area (Å²) in [7, 11) is 0. The molecule has 0 bridgehead atoms. The molecule has 7 nitrogen and oxygen atoms in total. The van der Waals surface area contributed by atoms with Gasteiger partial charge in [0.05, 0.1) is 6.33 Å². The third-order valence-electron chi connectivity index (χ3n) is 1.49. The number of nitrogens with zero attached hydrogens (tertiary/aromatic N) is 2. The van der Waals surface area contributed by atoms with Gasteiger partial charge in [0.2, 0.25) is 0 Å². The fourth-order valence-electron chi connectivity index (χ4n) is 0.925. The SMILES string of the molecule is NCCn1cnc(C(=O)NC(N)=O)c1. The fourth-order valence-corrected chi connectivity index (χ4v) is 0.925. The van der Waals surface area contributed by atoms with E-state index in [0.29, 0.717) is 13.1 Å². The lowest BCUT2D eigenvalue weighted by Crippen LogP contribution is -2.35. The number of imide groups is 1. The molecule has 14 heavy (non-hydrogen) atoms. The highest BCUT2D eigenvalue weighted by Gasteiger charge is 2.10. The van der Waals surface area contributed by atoms with Gasteiger partial charge in [-0.2, -0.15) is 0 Å². The van der Waals surface area contributed by atoms with Gasteiger partial charge in [-0.1, -0.05) is 0 Å². The minimum absolute atomic E-state index is 0.136. The van der Waals surface area contributed by atoms with Gasteiger partial charge in [-0.05, 0) is 0 Å². The summed E-state index contributed by atoms with van der Waals surface area (Å²) < 4.78 is 1.65. The monoisotopic (exact) mass is 197 g/mol. The standard InChI is InChI=1S/C7H11N5O2/c8-1-2-12-3-5(10-4-12)6(13)11-7(9)14/h3-4H,1-2,8H2,(H3,9,11,13,14). The summed E-state index contributed by atoms with van der Waals surface area (Å²) in [5.41, 5.74) is 10.2. The van der Waals surface area contributed by atoms with Crippen molar-refractivity contribution < 1.29 is 9.59 Å². The van der Waals surface area contributed by atoms with E-state index >= 15 is 0 Å². The van der Waals surface area contributed by atoms with Crippen LogP contribution >= 0.6 is 0 Å². The summed E-state index contributed by atoms with van der Waals surface area (Å²) in [6.45, 7) is 1.02. The Morgan fingerprint density at radius 1 is 1.57 bits per heavy atom. The minimum Gasteiger partial charge on any atom is -0.351 e. The number of carbonyl (C=O) groups excluding carboxylic acids is 2. The maximum Gasteiger partial charge on any atom is 0.319 e. The number of nitrogens with two attached hydrogens (primary N) is 2. The van der Waals surface area contributed by atoms with Crippen LogP contribution in [0.15, 0.2) is 12.5 Å². The quantitative estimate of drug-likeness (QED) is 0.555. The number of nitrogens with one attached hydrogen (secondary N) is 1. The number of aromatic nitrogens is 2. The molecule has 0 saturated carbocycles. The lowest BCUT2D eigenvalue weighted by molar-refractivity contribution is 0.0961. The number of amides is 3. The molecule has 0 unspecified atom stereocenters. The maximum absolute atomic E-state index is 11.2. The van der Waals surface area contributed by atoms with E-state index in [0.717, 1.165) is 0 Å². The zero-order valence-electron chi connectivity index (χ0n) is 7.43. The van der Waals surface area contributed by atoms with Crippen LogP contribution in [0.2, 0.25) is 0 Å². The van der Waals surface area contributed by atoms with Gasteiger partial charge >= 0.3 is 6.03 Å². The number of urea groups is 1. The van der Waals surface area contributed by atoms with Crippen molar-refractivity contribution in [3.63, 3.8) is 0 Å². The molecular weight excluding hydrogens is 186 g/mol. The fraction of sp³-hybridized carbons (Fsp3) is 0.286. The number of rotatable bonds is 3. The summed E-state index contributed by atoms with van der Waals surface area (Å²) in [6, 6.07) is -0.900. The highest BCUT2D eigenvalue weighted by molar-refractivity contribution is 6.02. The number of imidazole rings is 1. The van der Waals surface area contributed by atoms with Crippen molar-refractivity contribution in [2.45, 2.75) is 6.54 Å². The molecule has 3 amide bonds. The molecule has 0 radical (unpaired) electrons. The number of carbonyl (C=O) groups is 2. The molecule has 76 valence electrons. The van der Waals surface area contributed by atoms with E-state index in [1.54, 1.807) is 4.57 Å². The first kappa shape index (κ1) is 10.2. The molecule has 0 aliphatic rings. The van der Waals surface area contributed by atoms with E-state index in [1.165, 1.54) is 12.5 Å². The molecule has 0 aliphatic carbocycles. The van der Waals surface area contributed by atoms with Crippen LogP contribution in [0.1, 0.15) is 10.5 Å². The molecule has 0 fully saturated rings. The Kier molecular flexibility index (Phi) is 3.19.